The van der Waals surface area contributed by atoms with Crippen molar-refractivity contribution < 1.29 is 23.8 Å². The van der Waals surface area contributed by atoms with E-state index in [9.17, 15) is 9.59 Å². The monoisotopic (exact) mass is 369 g/mol. The highest BCUT2D eigenvalue weighted by molar-refractivity contribution is 5.99. The maximum Gasteiger partial charge on any atom is 0.265 e. The summed E-state index contributed by atoms with van der Waals surface area (Å²) in [4.78, 5) is 24.2. The van der Waals surface area contributed by atoms with E-state index in [4.69, 9.17) is 14.2 Å². The predicted molar refractivity (Wildman–Crippen MR) is 99.4 cm³/mol. The number of amides is 2. The van der Waals surface area contributed by atoms with Crippen LogP contribution in [0.5, 0.6) is 17.2 Å². The fourth-order valence-corrected chi connectivity index (χ4v) is 2.84. The van der Waals surface area contributed by atoms with Crippen molar-refractivity contribution in [3.8, 4) is 17.2 Å². The number of nitrogens with one attached hydrogen (secondary N) is 3. The molecular formula is C19H19N3O5. The summed E-state index contributed by atoms with van der Waals surface area (Å²) in [6, 6.07) is 10.0. The molecule has 0 bridgehead atoms. The molecule has 0 unspecified atom stereocenters. The minimum Gasteiger partial charge on any atom is -0.479 e. The van der Waals surface area contributed by atoms with E-state index >= 15 is 0 Å². The van der Waals surface area contributed by atoms with E-state index in [1.54, 1.807) is 50.2 Å². The van der Waals surface area contributed by atoms with Crippen LogP contribution in [0.4, 0.5) is 17.1 Å². The minimum atomic E-state index is -0.525. The molecular weight excluding hydrogens is 350 g/mol. The van der Waals surface area contributed by atoms with E-state index in [2.05, 4.69) is 16.0 Å². The fourth-order valence-electron chi connectivity index (χ4n) is 2.84. The molecule has 2 atom stereocenters. The second-order valence-corrected chi connectivity index (χ2v) is 6.38. The zero-order chi connectivity index (χ0) is 19.0. The Morgan fingerprint density at radius 2 is 1.85 bits per heavy atom. The molecule has 0 aliphatic carbocycles. The highest BCUT2D eigenvalue weighted by Crippen LogP contribution is 2.34. The lowest BCUT2D eigenvalue weighted by Crippen LogP contribution is -2.34. The molecule has 2 aromatic carbocycles. The third kappa shape index (κ3) is 3.46. The van der Waals surface area contributed by atoms with Gasteiger partial charge in [0.15, 0.2) is 17.6 Å². The van der Waals surface area contributed by atoms with E-state index in [1.807, 2.05) is 0 Å². The lowest BCUT2D eigenvalue weighted by Gasteiger charge is -2.24. The lowest BCUT2D eigenvalue weighted by atomic mass is 10.2. The molecule has 2 heterocycles. The first-order valence-corrected chi connectivity index (χ1v) is 8.58. The van der Waals surface area contributed by atoms with Crippen LogP contribution in [0.2, 0.25) is 0 Å². The second kappa shape index (κ2) is 6.71. The summed E-state index contributed by atoms with van der Waals surface area (Å²) in [7, 11) is 0. The molecule has 2 aliphatic rings. The molecule has 27 heavy (non-hydrogen) atoms. The molecule has 8 nitrogen and oxygen atoms in total. The largest absolute Gasteiger partial charge is 0.479 e. The summed E-state index contributed by atoms with van der Waals surface area (Å²) in [6.07, 6.45) is -0.525. The van der Waals surface area contributed by atoms with Crippen LogP contribution < -0.4 is 30.2 Å². The first-order chi connectivity index (χ1) is 13.0. The molecule has 0 saturated heterocycles. The molecule has 8 heteroatoms. The molecule has 0 radical (unpaired) electrons. The van der Waals surface area contributed by atoms with Crippen LogP contribution in [0.3, 0.4) is 0 Å². The van der Waals surface area contributed by atoms with Gasteiger partial charge in [-0.25, -0.2) is 0 Å². The van der Waals surface area contributed by atoms with E-state index in [-0.39, 0.29) is 18.6 Å². The number of hydrogen-bond acceptors (Lipinski definition) is 6. The van der Waals surface area contributed by atoms with Crippen molar-refractivity contribution in [1.29, 1.82) is 0 Å². The van der Waals surface area contributed by atoms with E-state index in [1.165, 1.54) is 0 Å². The number of carbonyl (C=O) groups is 2. The third-order valence-electron chi connectivity index (χ3n) is 4.33. The van der Waals surface area contributed by atoms with Gasteiger partial charge in [-0.2, -0.15) is 0 Å². The first kappa shape index (κ1) is 17.0. The molecule has 0 fully saturated rings. The normalized spacial score (nSPS) is 18.0. The number of ether oxygens (including phenoxy) is 3. The van der Waals surface area contributed by atoms with Crippen molar-refractivity contribution in [2.45, 2.75) is 26.0 Å². The number of carbonyl (C=O) groups excluding carboxylic acids is 2. The van der Waals surface area contributed by atoms with E-state index in [0.717, 1.165) is 0 Å². The first-order valence-electron chi connectivity index (χ1n) is 8.58. The number of fused-ring (bicyclic) bond motifs is 2. The summed E-state index contributed by atoms with van der Waals surface area (Å²) in [5.74, 6) is 1.46. The molecule has 0 spiro atoms. The Bertz CT molecular complexity index is 914. The Kier molecular flexibility index (Phi) is 4.23. The quantitative estimate of drug-likeness (QED) is 0.766. The van der Waals surface area contributed by atoms with Crippen LogP contribution in [0.25, 0.3) is 0 Å². The zero-order valence-corrected chi connectivity index (χ0v) is 14.9. The summed E-state index contributed by atoms with van der Waals surface area (Å²) < 4.78 is 16.1. The van der Waals surface area contributed by atoms with Crippen LogP contribution in [0.1, 0.15) is 13.8 Å². The average Bonchev–Trinajstić information content (AvgIpc) is 3.10. The molecule has 2 amide bonds. The molecule has 2 aromatic rings. The van der Waals surface area contributed by atoms with Gasteiger partial charge in [0.1, 0.15) is 11.8 Å². The average molecular weight is 369 g/mol. The Labute approximate surface area is 155 Å². The van der Waals surface area contributed by atoms with E-state index in [0.29, 0.717) is 34.3 Å². The van der Waals surface area contributed by atoms with Gasteiger partial charge >= 0.3 is 0 Å². The number of anilines is 3. The third-order valence-corrected chi connectivity index (χ3v) is 4.33. The van der Waals surface area contributed by atoms with Crippen molar-refractivity contribution in [2.24, 2.45) is 0 Å². The molecule has 0 aromatic heterocycles. The highest BCUT2D eigenvalue weighted by atomic mass is 16.7. The van der Waals surface area contributed by atoms with Gasteiger partial charge in [0.05, 0.1) is 5.69 Å². The van der Waals surface area contributed by atoms with Gasteiger partial charge in [-0.05, 0) is 44.2 Å². The number of hydrogen-bond donors (Lipinski definition) is 3. The standard InChI is InChI=1S/C19H19N3O5/c1-10(18(23)21-13-4-6-16-17(8-13)26-9-25-16)20-12-3-5-15-14(7-12)22-19(24)11(2)27-15/h3-8,10-11,20H,9H2,1-2H3,(H,21,23)(H,22,24)/t10-,11+/m1/s1. The highest BCUT2D eigenvalue weighted by Gasteiger charge is 2.24. The Hall–Kier alpha value is -3.42. The fraction of sp³-hybridized carbons (Fsp3) is 0.263. The van der Waals surface area contributed by atoms with Crippen LogP contribution in [0.15, 0.2) is 36.4 Å². The van der Waals surface area contributed by atoms with Crippen LogP contribution in [0, 0.1) is 0 Å². The van der Waals surface area contributed by atoms with Gasteiger partial charge in [-0.3, -0.25) is 9.59 Å². The minimum absolute atomic E-state index is 0.183. The van der Waals surface area contributed by atoms with Crippen molar-refractivity contribution in [3.63, 3.8) is 0 Å². The number of rotatable bonds is 4. The second-order valence-electron chi connectivity index (χ2n) is 6.38. The van der Waals surface area contributed by atoms with Gasteiger partial charge in [0, 0.05) is 17.4 Å². The Morgan fingerprint density at radius 1 is 1.11 bits per heavy atom. The topological polar surface area (TPSA) is 97.9 Å². The SMILES string of the molecule is C[C@@H]1Oc2ccc(N[C@H](C)C(=O)Nc3ccc4c(c3)OCO4)cc2NC1=O. The summed E-state index contributed by atoms with van der Waals surface area (Å²) in [5.41, 5.74) is 1.89. The van der Waals surface area contributed by atoms with E-state index < -0.39 is 12.1 Å². The van der Waals surface area contributed by atoms with Crippen LogP contribution in [-0.2, 0) is 9.59 Å². The molecule has 4 rings (SSSR count). The molecule has 2 aliphatic heterocycles. The Balaban J connectivity index is 1.41. The summed E-state index contributed by atoms with van der Waals surface area (Å²) in [5, 5.41) is 8.74. The Morgan fingerprint density at radius 3 is 2.70 bits per heavy atom. The van der Waals surface area contributed by atoms with Gasteiger partial charge in [0.25, 0.3) is 5.91 Å². The van der Waals surface area contributed by atoms with Gasteiger partial charge < -0.3 is 30.2 Å². The zero-order valence-electron chi connectivity index (χ0n) is 14.9. The van der Waals surface area contributed by atoms with Gasteiger partial charge in [-0.1, -0.05) is 0 Å². The van der Waals surface area contributed by atoms with Crippen molar-refractivity contribution >= 4 is 28.9 Å². The summed E-state index contributed by atoms with van der Waals surface area (Å²) in [6.45, 7) is 3.62. The maximum absolute atomic E-state index is 12.5. The molecule has 0 saturated carbocycles. The van der Waals surface area contributed by atoms with Crippen LogP contribution >= 0.6 is 0 Å². The van der Waals surface area contributed by atoms with Crippen LogP contribution in [-0.4, -0.2) is 30.8 Å². The van der Waals surface area contributed by atoms with Crippen molar-refractivity contribution in [3.05, 3.63) is 36.4 Å². The molecule has 3 N–H and O–H groups in total. The van der Waals surface area contributed by atoms with Gasteiger partial charge in [-0.15, -0.1) is 0 Å². The van der Waals surface area contributed by atoms with Gasteiger partial charge in [0.2, 0.25) is 12.7 Å². The smallest absolute Gasteiger partial charge is 0.265 e. The van der Waals surface area contributed by atoms with Crippen molar-refractivity contribution in [1.82, 2.24) is 0 Å². The van der Waals surface area contributed by atoms with Crippen molar-refractivity contribution in [2.75, 3.05) is 22.7 Å². The molecule has 140 valence electrons. The number of benzene rings is 2. The lowest BCUT2D eigenvalue weighted by molar-refractivity contribution is -0.122. The maximum atomic E-state index is 12.5. The predicted octanol–water partition coefficient (Wildman–Crippen LogP) is 2.57. The summed E-state index contributed by atoms with van der Waals surface area (Å²) >= 11 is 0.